The van der Waals surface area contributed by atoms with Gasteiger partial charge < -0.3 is 9.52 Å². The first-order valence-electron chi connectivity index (χ1n) is 5.56. The van der Waals surface area contributed by atoms with Crippen molar-refractivity contribution in [3.63, 3.8) is 0 Å². The summed E-state index contributed by atoms with van der Waals surface area (Å²) in [5.41, 5.74) is 0. The third-order valence-electron chi connectivity index (χ3n) is 2.57. The largest absolute Gasteiger partial charge is 0.480 e. The van der Waals surface area contributed by atoms with E-state index < -0.39 is 5.97 Å². The van der Waals surface area contributed by atoms with Gasteiger partial charge in [0.15, 0.2) is 0 Å². The first-order valence-corrected chi connectivity index (χ1v) is 5.56. The molecule has 1 heterocycles. The van der Waals surface area contributed by atoms with E-state index in [0.29, 0.717) is 0 Å². The van der Waals surface area contributed by atoms with E-state index in [1.165, 1.54) is 0 Å². The SMILES string of the molecule is CCCN(CC(=O)O)C(C)c1ccc(C)o1. The summed E-state index contributed by atoms with van der Waals surface area (Å²) >= 11 is 0. The minimum atomic E-state index is -0.802. The van der Waals surface area contributed by atoms with Crippen molar-refractivity contribution in [2.45, 2.75) is 33.2 Å². The van der Waals surface area contributed by atoms with Gasteiger partial charge in [-0.25, -0.2) is 0 Å². The predicted molar refractivity (Wildman–Crippen MR) is 61.4 cm³/mol. The summed E-state index contributed by atoms with van der Waals surface area (Å²) in [5, 5.41) is 8.84. The zero-order valence-electron chi connectivity index (χ0n) is 10.1. The highest BCUT2D eigenvalue weighted by Gasteiger charge is 2.19. The van der Waals surface area contributed by atoms with Gasteiger partial charge in [0.25, 0.3) is 0 Å². The highest BCUT2D eigenvalue weighted by atomic mass is 16.4. The summed E-state index contributed by atoms with van der Waals surface area (Å²) in [6.45, 7) is 6.70. The van der Waals surface area contributed by atoms with E-state index in [-0.39, 0.29) is 12.6 Å². The van der Waals surface area contributed by atoms with Crippen LogP contribution in [0.1, 0.15) is 37.8 Å². The fraction of sp³-hybridized carbons (Fsp3) is 0.583. The molecule has 0 aliphatic heterocycles. The van der Waals surface area contributed by atoms with Crippen LogP contribution in [0.15, 0.2) is 16.5 Å². The molecule has 4 heteroatoms. The van der Waals surface area contributed by atoms with Crippen molar-refractivity contribution in [3.05, 3.63) is 23.7 Å². The molecule has 1 aromatic heterocycles. The number of nitrogens with zero attached hydrogens (tertiary/aromatic N) is 1. The summed E-state index contributed by atoms with van der Waals surface area (Å²) in [6, 6.07) is 3.81. The van der Waals surface area contributed by atoms with Gasteiger partial charge in [0.2, 0.25) is 0 Å². The molecule has 90 valence electrons. The molecule has 0 aliphatic carbocycles. The minimum absolute atomic E-state index is 0.00440. The van der Waals surface area contributed by atoms with Crippen molar-refractivity contribution in [2.24, 2.45) is 0 Å². The molecule has 0 aromatic carbocycles. The molecule has 0 aliphatic rings. The van der Waals surface area contributed by atoms with Crippen molar-refractivity contribution < 1.29 is 14.3 Å². The minimum Gasteiger partial charge on any atom is -0.480 e. The molecule has 0 bridgehead atoms. The van der Waals surface area contributed by atoms with Crippen LogP contribution in [0.3, 0.4) is 0 Å². The highest BCUT2D eigenvalue weighted by molar-refractivity contribution is 5.69. The second-order valence-corrected chi connectivity index (χ2v) is 3.99. The van der Waals surface area contributed by atoms with Gasteiger partial charge in [-0.3, -0.25) is 9.69 Å². The summed E-state index contributed by atoms with van der Waals surface area (Å²) in [7, 11) is 0. The Morgan fingerprint density at radius 2 is 2.25 bits per heavy atom. The molecule has 1 N–H and O–H groups in total. The van der Waals surface area contributed by atoms with Crippen molar-refractivity contribution in [1.29, 1.82) is 0 Å². The van der Waals surface area contributed by atoms with Gasteiger partial charge in [0.1, 0.15) is 11.5 Å². The van der Waals surface area contributed by atoms with Crippen molar-refractivity contribution >= 4 is 5.97 Å². The van der Waals surface area contributed by atoms with E-state index in [2.05, 4.69) is 0 Å². The van der Waals surface area contributed by atoms with E-state index >= 15 is 0 Å². The van der Waals surface area contributed by atoms with E-state index in [9.17, 15) is 4.79 Å². The molecule has 1 aromatic rings. The molecule has 0 radical (unpaired) electrons. The lowest BCUT2D eigenvalue weighted by atomic mass is 10.2. The highest BCUT2D eigenvalue weighted by Crippen LogP contribution is 2.22. The third-order valence-corrected chi connectivity index (χ3v) is 2.57. The summed E-state index contributed by atoms with van der Waals surface area (Å²) in [5.74, 6) is 0.879. The first-order chi connectivity index (χ1) is 7.54. The first kappa shape index (κ1) is 12.8. The molecular formula is C12H19NO3. The molecule has 0 amide bonds. The van der Waals surface area contributed by atoms with Gasteiger partial charge in [-0.15, -0.1) is 0 Å². The van der Waals surface area contributed by atoms with Crippen LogP contribution in [0.5, 0.6) is 0 Å². The summed E-state index contributed by atoms with van der Waals surface area (Å²) in [4.78, 5) is 12.7. The summed E-state index contributed by atoms with van der Waals surface area (Å²) < 4.78 is 5.52. The topological polar surface area (TPSA) is 53.7 Å². The Kier molecular flexibility index (Phi) is 4.55. The molecule has 16 heavy (non-hydrogen) atoms. The van der Waals surface area contributed by atoms with Gasteiger partial charge in [-0.05, 0) is 38.9 Å². The van der Waals surface area contributed by atoms with Crippen molar-refractivity contribution in [2.75, 3.05) is 13.1 Å². The lowest BCUT2D eigenvalue weighted by molar-refractivity contribution is -0.139. The number of carboxylic acid groups (broad SMARTS) is 1. The number of rotatable bonds is 6. The van der Waals surface area contributed by atoms with E-state index in [0.717, 1.165) is 24.5 Å². The summed E-state index contributed by atoms with van der Waals surface area (Å²) in [6.07, 6.45) is 0.928. The zero-order chi connectivity index (χ0) is 12.1. The number of hydrogen-bond donors (Lipinski definition) is 1. The molecule has 1 rings (SSSR count). The van der Waals surface area contributed by atoms with Crippen LogP contribution in [0.2, 0.25) is 0 Å². The quantitative estimate of drug-likeness (QED) is 0.808. The molecule has 0 spiro atoms. The second kappa shape index (κ2) is 5.70. The molecule has 1 unspecified atom stereocenters. The maximum Gasteiger partial charge on any atom is 0.317 e. The number of carbonyl (C=O) groups is 1. The van der Waals surface area contributed by atoms with Crippen LogP contribution in [-0.4, -0.2) is 29.1 Å². The molecular weight excluding hydrogens is 206 g/mol. The van der Waals surface area contributed by atoms with Gasteiger partial charge in [-0.1, -0.05) is 6.92 Å². The molecule has 0 saturated carbocycles. The van der Waals surface area contributed by atoms with E-state index in [4.69, 9.17) is 9.52 Å². The van der Waals surface area contributed by atoms with Crippen LogP contribution < -0.4 is 0 Å². The van der Waals surface area contributed by atoms with Crippen molar-refractivity contribution in [1.82, 2.24) is 4.90 Å². The number of aryl methyl sites for hydroxylation is 1. The monoisotopic (exact) mass is 225 g/mol. The van der Waals surface area contributed by atoms with E-state index in [1.54, 1.807) is 0 Å². The number of carboxylic acids is 1. The van der Waals surface area contributed by atoms with Gasteiger partial charge in [-0.2, -0.15) is 0 Å². The van der Waals surface area contributed by atoms with Crippen LogP contribution in [0.25, 0.3) is 0 Å². The zero-order valence-corrected chi connectivity index (χ0v) is 10.1. The smallest absolute Gasteiger partial charge is 0.317 e. The third kappa shape index (κ3) is 3.38. The van der Waals surface area contributed by atoms with E-state index in [1.807, 2.05) is 37.8 Å². The Morgan fingerprint density at radius 1 is 1.56 bits per heavy atom. The Hall–Kier alpha value is -1.29. The molecule has 4 nitrogen and oxygen atoms in total. The Morgan fingerprint density at radius 3 is 2.69 bits per heavy atom. The van der Waals surface area contributed by atoms with Crippen LogP contribution in [0.4, 0.5) is 0 Å². The Balaban J connectivity index is 2.73. The lowest BCUT2D eigenvalue weighted by Crippen LogP contribution is -2.32. The fourth-order valence-corrected chi connectivity index (χ4v) is 1.73. The lowest BCUT2D eigenvalue weighted by Gasteiger charge is -2.25. The maximum absolute atomic E-state index is 10.8. The molecule has 0 saturated heterocycles. The number of aliphatic carboxylic acids is 1. The standard InChI is InChI=1S/C12H19NO3/c1-4-7-13(8-12(14)15)10(3)11-6-5-9(2)16-11/h5-6,10H,4,7-8H2,1-3H3,(H,14,15). The van der Waals surface area contributed by atoms with Crippen molar-refractivity contribution in [3.8, 4) is 0 Å². The maximum atomic E-state index is 10.8. The van der Waals surface area contributed by atoms with Crippen LogP contribution in [0, 0.1) is 6.92 Å². The average molecular weight is 225 g/mol. The number of furan rings is 1. The Labute approximate surface area is 95.9 Å². The van der Waals surface area contributed by atoms with Gasteiger partial charge in [0, 0.05) is 0 Å². The molecule has 0 fully saturated rings. The van der Waals surface area contributed by atoms with Gasteiger partial charge >= 0.3 is 5.97 Å². The average Bonchev–Trinajstić information content (AvgIpc) is 2.62. The normalized spacial score (nSPS) is 13.0. The number of hydrogen-bond acceptors (Lipinski definition) is 3. The second-order valence-electron chi connectivity index (χ2n) is 3.99. The molecule has 1 atom stereocenters. The Bertz CT molecular complexity index is 346. The fourth-order valence-electron chi connectivity index (χ4n) is 1.73. The van der Waals surface area contributed by atoms with Crippen LogP contribution >= 0.6 is 0 Å². The van der Waals surface area contributed by atoms with Gasteiger partial charge in [0.05, 0.1) is 12.6 Å². The predicted octanol–water partition coefficient (Wildman–Crippen LogP) is 2.45. The van der Waals surface area contributed by atoms with Crippen LogP contribution in [-0.2, 0) is 4.79 Å².